The normalized spacial score (nSPS) is 23.4. The highest BCUT2D eigenvalue weighted by molar-refractivity contribution is 5.83. The minimum atomic E-state index is -0.419. The van der Waals surface area contributed by atoms with Crippen LogP contribution >= 0.6 is 0 Å². The number of ether oxygens (including phenoxy) is 1. The highest BCUT2D eigenvalue weighted by Crippen LogP contribution is 2.25. The van der Waals surface area contributed by atoms with Gasteiger partial charge in [-0.25, -0.2) is 0 Å². The first-order valence-electron chi connectivity index (χ1n) is 7.05. The lowest BCUT2D eigenvalue weighted by Crippen LogP contribution is -2.56. The first kappa shape index (κ1) is 15.0. The first-order chi connectivity index (χ1) is 9.43. The van der Waals surface area contributed by atoms with Gasteiger partial charge < -0.3 is 14.7 Å². The summed E-state index contributed by atoms with van der Waals surface area (Å²) in [6.45, 7) is 6.76. The molecule has 0 aliphatic carbocycles. The first-order valence-corrected chi connectivity index (χ1v) is 7.05. The summed E-state index contributed by atoms with van der Waals surface area (Å²) in [5.41, 5.74) is 0.597. The van der Waals surface area contributed by atoms with E-state index in [1.165, 1.54) is 0 Å². The standard InChI is InChI=1S/C16H23NO3/c1-12(13-7-5-4-6-8-13)15(19)17-9-14(10-18)20-16(2,3)11-17/h4-8,12,14,18H,9-11H2,1-3H3. The number of carbonyl (C=O) groups is 1. The van der Waals surface area contributed by atoms with Crippen LogP contribution < -0.4 is 0 Å². The summed E-state index contributed by atoms with van der Waals surface area (Å²) in [6, 6.07) is 9.77. The summed E-state index contributed by atoms with van der Waals surface area (Å²) in [5.74, 6) is -0.0875. The van der Waals surface area contributed by atoms with Gasteiger partial charge in [-0.3, -0.25) is 4.79 Å². The molecule has 1 heterocycles. The number of hydrogen-bond donors (Lipinski definition) is 1. The van der Waals surface area contributed by atoms with E-state index in [0.717, 1.165) is 5.56 Å². The molecule has 0 aromatic heterocycles. The van der Waals surface area contributed by atoms with E-state index in [1.54, 1.807) is 0 Å². The second kappa shape index (κ2) is 5.94. The molecular weight excluding hydrogens is 254 g/mol. The van der Waals surface area contributed by atoms with Gasteiger partial charge in [0.1, 0.15) is 0 Å². The van der Waals surface area contributed by atoms with Crippen LogP contribution in [0.2, 0.25) is 0 Å². The van der Waals surface area contributed by atoms with E-state index in [9.17, 15) is 9.90 Å². The molecule has 1 aromatic rings. The number of rotatable bonds is 3. The highest BCUT2D eigenvalue weighted by atomic mass is 16.5. The van der Waals surface area contributed by atoms with Crippen molar-refractivity contribution in [2.24, 2.45) is 0 Å². The van der Waals surface area contributed by atoms with Gasteiger partial charge in [-0.2, -0.15) is 0 Å². The van der Waals surface area contributed by atoms with Crippen molar-refractivity contribution >= 4 is 5.91 Å². The number of benzene rings is 1. The van der Waals surface area contributed by atoms with Crippen molar-refractivity contribution in [2.45, 2.75) is 38.4 Å². The monoisotopic (exact) mass is 277 g/mol. The average Bonchev–Trinajstić information content (AvgIpc) is 2.44. The molecule has 20 heavy (non-hydrogen) atoms. The number of morpholine rings is 1. The molecule has 4 heteroatoms. The lowest BCUT2D eigenvalue weighted by atomic mass is 9.97. The maximum absolute atomic E-state index is 12.6. The largest absolute Gasteiger partial charge is 0.394 e. The van der Waals surface area contributed by atoms with Crippen molar-refractivity contribution in [1.29, 1.82) is 0 Å². The molecule has 2 rings (SSSR count). The zero-order valence-electron chi connectivity index (χ0n) is 12.4. The lowest BCUT2D eigenvalue weighted by Gasteiger charge is -2.43. The van der Waals surface area contributed by atoms with Gasteiger partial charge in [0.25, 0.3) is 0 Å². The number of hydrogen-bond acceptors (Lipinski definition) is 3. The van der Waals surface area contributed by atoms with Gasteiger partial charge in [0.05, 0.1) is 24.2 Å². The van der Waals surface area contributed by atoms with Crippen molar-refractivity contribution in [1.82, 2.24) is 4.90 Å². The lowest BCUT2D eigenvalue weighted by molar-refractivity contribution is -0.167. The molecule has 0 spiro atoms. The van der Waals surface area contributed by atoms with E-state index in [0.29, 0.717) is 13.1 Å². The number of aliphatic hydroxyl groups excluding tert-OH is 1. The van der Waals surface area contributed by atoms with Gasteiger partial charge >= 0.3 is 0 Å². The van der Waals surface area contributed by atoms with E-state index in [2.05, 4.69) is 0 Å². The fraction of sp³-hybridized carbons (Fsp3) is 0.562. The van der Waals surface area contributed by atoms with Crippen molar-refractivity contribution in [3.05, 3.63) is 35.9 Å². The quantitative estimate of drug-likeness (QED) is 0.916. The Hall–Kier alpha value is -1.39. The fourth-order valence-corrected chi connectivity index (χ4v) is 2.72. The molecular formula is C16H23NO3. The van der Waals surface area contributed by atoms with Crippen LogP contribution in [-0.4, -0.2) is 47.3 Å². The second-order valence-corrected chi connectivity index (χ2v) is 6.03. The van der Waals surface area contributed by atoms with Crippen molar-refractivity contribution in [2.75, 3.05) is 19.7 Å². The Balaban J connectivity index is 2.12. The molecule has 1 aromatic carbocycles. The van der Waals surface area contributed by atoms with Crippen LogP contribution in [-0.2, 0) is 9.53 Å². The minimum absolute atomic E-state index is 0.0626. The Morgan fingerprint density at radius 1 is 1.45 bits per heavy atom. The van der Waals surface area contributed by atoms with Crippen LogP contribution in [0.4, 0.5) is 0 Å². The van der Waals surface area contributed by atoms with Gasteiger partial charge in [-0.1, -0.05) is 30.3 Å². The Morgan fingerprint density at radius 3 is 2.70 bits per heavy atom. The Morgan fingerprint density at radius 2 is 2.10 bits per heavy atom. The molecule has 1 aliphatic heterocycles. The summed E-state index contributed by atoms with van der Waals surface area (Å²) >= 11 is 0. The molecule has 2 atom stereocenters. The smallest absolute Gasteiger partial charge is 0.230 e. The predicted octanol–water partition coefficient (Wildman–Crippen LogP) is 1.79. The SMILES string of the molecule is CC(C(=O)N1CC(CO)OC(C)(C)C1)c1ccccc1. The molecule has 0 bridgehead atoms. The van der Waals surface area contributed by atoms with Gasteiger partial charge in [0.2, 0.25) is 5.91 Å². The third-order valence-electron chi connectivity index (χ3n) is 3.67. The topological polar surface area (TPSA) is 49.8 Å². The molecule has 110 valence electrons. The van der Waals surface area contributed by atoms with Crippen LogP contribution in [0.3, 0.4) is 0 Å². The number of carbonyl (C=O) groups excluding carboxylic acids is 1. The zero-order valence-corrected chi connectivity index (χ0v) is 12.4. The molecule has 0 radical (unpaired) electrons. The fourth-order valence-electron chi connectivity index (χ4n) is 2.72. The third-order valence-corrected chi connectivity index (χ3v) is 3.67. The number of nitrogens with zero attached hydrogens (tertiary/aromatic N) is 1. The highest BCUT2D eigenvalue weighted by Gasteiger charge is 2.36. The Labute approximate surface area is 120 Å². The summed E-state index contributed by atoms with van der Waals surface area (Å²) < 4.78 is 5.74. The summed E-state index contributed by atoms with van der Waals surface area (Å²) in [4.78, 5) is 14.4. The Bertz CT molecular complexity index is 458. The van der Waals surface area contributed by atoms with E-state index < -0.39 is 5.60 Å². The minimum Gasteiger partial charge on any atom is -0.394 e. The van der Waals surface area contributed by atoms with E-state index >= 15 is 0 Å². The summed E-state index contributed by atoms with van der Waals surface area (Å²) in [5, 5.41) is 9.32. The van der Waals surface area contributed by atoms with Crippen molar-refractivity contribution < 1.29 is 14.6 Å². The predicted molar refractivity (Wildman–Crippen MR) is 77.5 cm³/mol. The molecule has 4 nitrogen and oxygen atoms in total. The molecule has 1 fully saturated rings. The van der Waals surface area contributed by atoms with Crippen molar-refractivity contribution in [3.63, 3.8) is 0 Å². The number of amides is 1. The maximum Gasteiger partial charge on any atom is 0.230 e. The van der Waals surface area contributed by atoms with Gasteiger partial charge in [-0.15, -0.1) is 0 Å². The van der Waals surface area contributed by atoms with Crippen molar-refractivity contribution in [3.8, 4) is 0 Å². The zero-order chi connectivity index (χ0) is 14.8. The van der Waals surface area contributed by atoms with Gasteiger partial charge in [0.15, 0.2) is 0 Å². The van der Waals surface area contributed by atoms with Gasteiger partial charge in [0, 0.05) is 13.1 Å². The summed E-state index contributed by atoms with van der Waals surface area (Å²) in [7, 11) is 0. The van der Waals surface area contributed by atoms with Crippen LogP contribution in [0.1, 0.15) is 32.3 Å². The maximum atomic E-state index is 12.6. The molecule has 1 saturated heterocycles. The molecule has 1 amide bonds. The average molecular weight is 277 g/mol. The van der Waals surface area contributed by atoms with Crippen LogP contribution in [0, 0.1) is 0 Å². The van der Waals surface area contributed by atoms with Crippen LogP contribution in [0.5, 0.6) is 0 Å². The van der Waals surface area contributed by atoms with E-state index in [1.807, 2.05) is 56.0 Å². The number of aliphatic hydroxyl groups is 1. The Kier molecular flexibility index (Phi) is 4.45. The van der Waals surface area contributed by atoms with E-state index in [-0.39, 0.29) is 24.5 Å². The second-order valence-electron chi connectivity index (χ2n) is 6.03. The van der Waals surface area contributed by atoms with Crippen LogP contribution in [0.25, 0.3) is 0 Å². The summed E-state index contributed by atoms with van der Waals surface area (Å²) in [6.07, 6.45) is -0.300. The van der Waals surface area contributed by atoms with Gasteiger partial charge in [-0.05, 0) is 26.3 Å². The van der Waals surface area contributed by atoms with Crippen LogP contribution in [0.15, 0.2) is 30.3 Å². The van der Waals surface area contributed by atoms with E-state index in [4.69, 9.17) is 4.74 Å². The third kappa shape index (κ3) is 3.38. The molecule has 1 N–H and O–H groups in total. The molecule has 1 aliphatic rings. The molecule has 0 saturated carbocycles. The molecule has 2 unspecified atom stereocenters.